The minimum absolute atomic E-state index is 0.733. The van der Waals surface area contributed by atoms with Crippen molar-refractivity contribution in [3.8, 4) is 28.0 Å². The first kappa shape index (κ1) is 21.0. The maximum atomic E-state index is 6.38. The van der Waals surface area contributed by atoms with Gasteiger partial charge in [-0.15, -0.1) is 0 Å². The molecule has 0 saturated carbocycles. The van der Waals surface area contributed by atoms with Gasteiger partial charge in [0.1, 0.15) is 5.75 Å². The molecule has 0 atom stereocenters. The number of methoxy groups -OCH3 is 1. The predicted molar refractivity (Wildman–Crippen MR) is 129 cm³/mol. The Morgan fingerprint density at radius 2 is 1.78 bits per heavy atom. The van der Waals surface area contributed by atoms with Gasteiger partial charge in [0.05, 0.1) is 20.3 Å². The third kappa shape index (κ3) is 4.37. The Balaban J connectivity index is 1.53. The Labute approximate surface area is 192 Å². The van der Waals surface area contributed by atoms with Crippen LogP contribution in [0.1, 0.15) is 5.69 Å². The van der Waals surface area contributed by atoms with E-state index in [1.165, 1.54) is 11.3 Å². The van der Waals surface area contributed by atoms with Gasteiger partial charge in [0.15, 0.2) is 0 Å². The van der Waals surface area contributed by atoms with Crippen molar-refractivity contribution in [2.24, 2.45) is 0 Å². The lowest BCUT2D eigenvalue weighted by Crippen LogP contribution is -2.37. The highest BCUT2D eigenvalue weighted by atomic mass is 35.5. The summed E-state index contributed by atoms with van der Waals surface area (Å²) in [7, 11) is 1.68. The summed E-state index contributed by atoms with van der Waals surface area (Å²) < 4.78 is 10.8. The van der Waals surface area contributed by atoms with Crippen LogP contribution in [-0.4, -0.2) is 54.8 Å². The molecule has 1 N–H and O–H groups in total. The van der Waals surface area contributed by atoms with Gasteiger partial charge in [0.25, 0.3) is 0 Å². The molecule has 0 radical (unpaired) electrons. The summed E-state index contributed by atoms with van der Waals surface area (Å²) in [5.74, 6) is 0.842. The fraction of sp³-hybridized carbons (Fsp3) is 0.269. The van der Waals surface area contributed by atoms with E-state index < -0.39 is 0 Å². The third-order valence-corrected chi connectivity index (χ3v) is 6.31. The number of halogens is 1. The molecular formula is C26H26ClN3O2. The van der Waals surface area contributed by atoms with Gasteiger partial charge in [0.2, 0.25) is 0 Å². The Hall–Kier alpha value is -2.86. The zero-order chi connectivity index (χ0) is 21.9. The maximum Gasteiger partial charge on any atom is 0.118 e. The normalized spacial score (nSPS) is 14.7. The Morgan fingerprint density at radius 3 is 2.56 bits per heavy atom. The van der Waals surface area contributed by atoms with Crippen molar-refractivity contribution < 1.29 is 9.47 Å². The molecule has 1 aliphatic rings. The molecule has 0 bridgehead atoms. The van der Waals surface area contributed by atoms with Gasteiger partial charge in [-0.2, -0.15) is 0 Å². The van der Waals surface area contributed by atoms with Gasteiger partial charge < -0.3 is 14.5 Å². The highest BCUT2D eigenvalue weighted by Gasteiger charge is 2.17. The fourth-order valence-electron chi connectivity index (χ4n) is 4.35. The number of nitrogens with one attached hydrogen (secondary N) is 1. The summed E-state index contributed by atoms with van der Waals surface area (Å²) in [6.07, 6.45) is 4.77. The van der Waals surface area contributed by atoms with E-state index in [2.05, 4.69) is 39.1 Å². The molecule has 6 heteroatoms. The zero-order valence-corrected chi connectivity index (χ0v) is 18.9. The molecule has 1 saturated heterocycles. The number of aromatic nitrogens is 2. The van der Waals surface area contributed by atoms with E-state index in [4.69, 9.17) is 21.1 Å². The lowest BCUT2D eigenvalue weighted by molar-refractivity contribution is 0.0384. The number of H-pyrrole nitrogens is 1. The van der Waals surface area contributed by atoms with Crippen LogP contribution in [0.4, 0.5) is 0 Å². The topological polar surface area (TPSA) is 50.4 Å². The SMILES string of the molecule is COc1ccc(-c2cncc(-c3c(CCN4CCOCC4)[nH]c4ccc(Cl)cc34)c2)cc1. The van der Waals surface area contributed by atoms with Gasteiger partial charge in [-0.05, 0) is 42.0 Å². The first-order chi connectivity index (χ1) is 15.7. The highest BCUT2D eigenvalue weighted by molar-refractivity contribution is 6.31. The number of fused-ring (bicyclic) bond motifs is 1. The van der Waals surface area contributed by atoms with E-state index in [-0.39, 0.29) is 0 Å². The van der Waals surface area contributed by atoms with E-state index >= 15 is 0 Å². The summed E-state index contributed by atoms with van der Waals surface area (Å²) in [4.78, 5) is 10.7. The molecule has 0 amide bonds. The second kappa shape index (κ2) is 9.33. The average Bonchev–Trinajstić information content (AvgIpc) is 3.21. The smallest absolute Gasteiger partial charge is 0.118 e. The van der Waals surface area contributed by atoms with Crippen molar-refractivity contribution in [1.29, 1.82) is 0 Å². The third-order valence-electron chi connectivity index (χ3n) is 6.07. The number of benzene rings is 2. The van der Waals surface area contributed by atoms with E-state index in [1.807, 2.05) is 36.7 Å². The van der Waals surface area contributed by atoms with Crippen LogP contribution in [0.2, 0.25) is 5.02 Å². The summed E-state index contributed by atoms with van der Waals surface area (Å²) in [6.45, 7) is 4.57. The van der Waals surface area contributed by atoms with Crippen LogP contribution in [0.3, 0.4) is 0 Å². The molecule has 164 valence electrons. The summed E-state index contributed by atoms with van der Waals surface area (Å²) >= 11 is 6.38. The number of hydrogen-bond acceptors (Lipinski definition) is 4. The van der Waals surface area contributed by atoms with Crippen molar-refractivity contribution in [2.75, 3.05) is 40.0 Å². The molecule has 0 spiro atoms. The summed E-state index contributed by atoms with van der Waals surface area (Å²) in [6, 6.07) is 16.3. The van der Waals surface area contributed by atoms with Crippen LogP contribution in [0, 0.1) is 0 Å². The second-order valence-electron chi connectivity index (χ2n) is 8.06. The molecular weight excluding hydrogens is 422 g/mol. The van der Waals surface area contributed by atoms with E-state index in [0.29, 0.717) is 0 Å². The minimum Gasteiger partial charge on any atom is -0.497 e. The number of ether oxygens (including phenoxy) is 2. The van der Waals surface area contributed by atoms with E-state index in [1.54, 1.807) is 7.11 Å². The molecule has 5 rings (SSSR count). The van der Waals surface area contributed by atoms with Gasteiger partial charge in [-0.3, -0.25) is 9.88 Å². The molecule has 0 aliphatic carbocycles. The lowest BCUT2D eigenvalue weighted by atomic mass is 9.98. The van der Waals surface area contributed by atoms with Gasteiger partial charge in [0, 0.05) is 76.8 Å². The van der Waals surface area contributed by atoms with Gasteiger partial charge in [-0.25, -0.2) is 0 Å². The zero-order valence-electron chi connectivity index (χ0n) is 18.1. The number of hydrogen-bond donors (Lipinski definition) is 1. The minimum atomic E-state index is 0.733. The fourth-order valence-corrected chi connectivity index (χ4v) is 4.52. The molecule has 4 aromatic rings. The van der Waals surface area contributed by atoms with Crippen molar-refractivity contribution in [3.63, 3.8) is 0 Å². The number of pyridine rings is 1. The van der Waals surface area contributed by atoms with Crippen LogP contribution in [-0.2, 0) is 11.2 Å². The number of nitrogens with zero attached hydrogens (tertiary/aromatic N) is 2. The van der Waals surface area contributed by atoms with Crippen molar-refractivity contribution in [3.05, 3.63) is 71.6 Å². The quantitative estimate of drug-likeness (QED) is 0.428. The van der Waals surface area contributed by atoms with Crippen LogP contribution in [0.15, 0.2) is 60.9 Å². The summed E-state index contributed by atoms with van der Waals surface area (Å²) in [5, 5.41) is 1.86. The van der Waals surface area contributed by atoms with Crippen LogP contribution in [0.5, 0.6) is 5.75 Å². The molecule has 1 aliphatic heterocycles. The molecule has 2 aromatic heterocycles. The summed E-state index contributed by atoms with van der Waals surface area (Å²) in [5.41, 5.74) is 6.75. The second-order valence-corrected chi connectivity index (χ2v) is 8.50. The first-order valence-corrected chi connectivity index (χ1v) is 11.3. The lowest BCUT2D eigenvalue weighted by Gasteiger charge is -2.26. The molecule has 2 aromatic carbocycles. The Bertz CT molecular complexity index is 1210. The van der Waals surface area contributed by atoms with Crippen molar-refractivity contribution >= 4 is 22.5 Å². The Morgan fingerprint density at radius 1 is 1.00 bits per heavy atom. The average molecular weight is 448 g/mol. The highest BCUT2D eigenvalue weighted by Crippen LogP contribution is 2.36. The monoisotopic (exact) mass is 447 g/mol. The number of rotatable bonds is 6. The molecule has 3 heterocycles. The Kier molecular flexibility index (Phi) is 6.12. The van der Waals surface area contributed by atoms with E-state index in [9.17, 15) is 0 Å². The molecule has 32 heavy (non-hydrogen) atoms. The van der Waals surface area contributed by atoms with Gasteiger partial charge in [-0.1, -0.05) is 23.7 Å². The number of morpholine rings is 1. The number of aromatic amines is 1. The van der Waals surface area contributed by atoms with Crippen molar-refractivity contribution in [2.45, 2.75) is 6.42 Å². The van der Waals surface area contributed by atoms with Crippen LogP contribution < -0.4 is 4.74 Å². The predicted octanol–water partition coefficient (Wildman–Crippen LogP) is 5.43. The van der Waals surface area contributed by atoms with E-state index in [0.717, 1.165) is 77.6 Å². The molecule has 0 unspecified atom stereocenters. The van der Waals surface area contributed by atoms with Crippen LogP contribution >= 0.6 is 11.6 Å². The standard InChI is InChI=1S/C26H26ClN3O2/c1-31-22-5-2-18(3-6-22)19-14-20(17-28-16-19)26-23-15-21(27)4-7-24(23)29-25(26)8-9-30-10-12-32-13-11-30/h2-7,14-17,29H,8-13H2,1H3. The first-order valence-electron chi connectivity index (χ1n) is 10.9. The maximum absolute atomic E-state index is 6.38. The molecule has 5 nitrogen and oxygen atoms in total. The van der Waals surface area contributed by atoms with Crippen LogP contribution in [0.25, 0.3) is 33.2 Å². The van der Waals surface area contributed by atoms with Gasteiger partial charge >= 0.3 is 0 Å². The molecule has 1 fully saturated rings. The largest absolute Gasteiger partial charge is 0.497 e. The van der Waals surface area contributed by atoms with Crippen molar-refractivity contribution in [1.82, 2.24) is 14.9 Å².